The van der Waals surface area contributed by atoms with Gasteiger partial charge in [0.2, 0.25) is 0 Å². The van der Waals surface area contributed by atoms with Gasteiger partial charge in [-0.15, -0.1) is 24.8 Å². The summed E-state index contributed by atoms with van der Waals surface area (Å²) in [6.45, 7) is 5.12. The largest absolute Gasteiger partial charge is 0.147 e. The fraction of sp³-hybridized carbons (Fsp3) is 0.125. The summed E-state index contributed by atoms with van der Waals surface area (Å²) in [5, 5.41) is 5.41. The predicted molar refractivity (Wildman–Crippen MR) is 161 cm³/mol. The van der Waals surface area contributed by atoms with Crippen LogP contribution in [0.5, 0.6) is 0 Å². The van der Waals surface area contributed by atoms with Gasteiger partial charge in [-0.2, -0.15) is 0 Å². The third kappa shape index (κ3) is 5.07. The first-order valence-electron chi connectivity index (χ1n) is 12.1. The third-order valence-corrected chi connectivity index (χ3v) is 24.1. The molecule has 0 saturated heterocycles. The van der Waals surface area contributed by atoms with Crippen LogP contribution in [0.15, 0.2) is 116 Å². The standard InChI is InChI=1S/2C15H11.C2H6Si.2ClH.Zr/c2*1-2-7-12(6-1)15-11-5-9-13-8-3-4-10-14(13)15;1-3-2;;;/h2*3-11H,1H2;1-2H3;2*1H;. The van der Waals surface area contributed by atoms with Gasteiger partial charge in [-0.05, 0) is 0 Å². The van der Waals surface area contributed by atoms with Crippen molar-refractivity contribution in [1.29, 1.82) is 0 Å². The summed E-state index contributed by atoms with van der Waals surface area (Å²) in [5.41, 5.74) is 5.33. The van der Waals surface area contributed by atoms with Gasteiger partial charge in [0.25, 0.3) is 0 Å². The Labute approximate surface area is 234 Å². The molecule has 0 unspecified atom stereocenters. The van der Waals surface area contributed by atoms with Gasteiger partial charge >= 0.3 is 211 Å². The number of hydrogen-bond donors (Lipinski definition) is 0. The van der Waals surface area contributed by atoms with Crippen molar-refractivity contribution in [1.82, 2.24) is 0 Å². The minimum atomic E-state index is -1.86. The summed E-state index contributed by atoms with van der Waals surface area (Å²) >= 11 is -1.86. The van der Waals surface area contributed by atoms with E-state index in [1.165, 1.54) is 43.8 Å². The van der Waals surface area contributed by atoms with Crippen LogP contribution in [0.3, 0.4) is 0 Å². The number of halogens is 2. The molecule has 36 heavy (non-hydrogen) atoms. The topological polar surface area (TPSA) is 0 Å². The van der Waals surface area contributed by atoms with Gasteiger partial charge in [-0.1, -0.05) is 0 Å². The molecule has 4 aromatic carbocycles. The second-order valence-corrected chi connectivity index (χ2v) is 26.8. The minimum absolute atomic E-state index is 0. The van der Waals surface area contributed by atoms with Gasteiger partial charge in [0.1, 0.15) is 0 Å². The SMILES string of the molecule is C[Si](C)=[Zr]([C]1=CC(c2cccc3ccccc23)=CC1)[C]1=CC(c2cccc3ccccc23)=CC1.Cl.Cl. The first kappa shape index (κ1) is 27.1. The Balaban J connectivity index is 0.00000152. The van der Waals surface area contributed by atoms with Crippen LogP contribution >= 0.6 is 24.8 Å². The second kappa shape index (κ2) is 11.6. The van der Waals surface area contributed by atoms with Gasteiger partial charge in [-0.3, -0.25) is 0 Å². The summed E-state index contributed by atoms with van der Waals surface area (Å²) in [4.78, 5) is 0. The number of hydrogen-bond acceptors (Lipinski definition) is 0. The predicted octanol–water partition coefficient (Wildman–Crippen LogP) is 9.75. The van der Waals surface area contributed by atoms with Crippen molar-refractivity contribution in [3.8, 4) is 0 Å². The molecule has 0 nitrogen and oxygen atoms in total. The average molecular weight is 605 g/mol. The van der Waals surface area contributed by atoms with Crippen LogP contribution in [-0.2, 0) is 20.4 Å². The van der Waals surface area contributed by atoms with E-state index in [4.69, 9.17) is 0 Å². The van der Waals surface area contributed by atoms with Crippen molar-refractivity contribution in [2.75, 3.05) is 0 Å². The number of rotatable bonds is 4. The van der Waals surface area contributed by atoms with Crippen LogP contribution < -0.4 is 0 Å². The van der Waals surface area contributed by atoms with Crippen molar-refractivity contribution >= 4 is 62.9 Å². The van der Waals surface area contributed by atoms with Crippen LogP contribution in [0.2, 0.25) is 13.1 Å². The van der Waals surface area contributed by atoms with Crippen LogP contribution in [0, 0.1) is 0 Å². The van der Waals surface area contributed by atoms with Crippen LogP contribution in [-0.4, -0.2) is 5.43 Å². The molecule has 0 spiro atoms. The number of fused-ring (bicyclic) bond motifs is 2. The van der Waals surface area contributed by atoms with E-state index in [1.807, 2.05) is 0 Å². The quantitative estimate of drug-likeness (QED) is 0.204. The van der Waals surface area contributed by atoms with Crippen molar-refractivity contribution < 1.29 is 20.4 Å². The maximum Gasteiger partial charge on any atom is -0.147 e. The zero-order valence-electron chi connectivity index (χ0n) is 20.6. The van der Waals surface area contributed by atoms with E-state index in [9.17, 15) is 0 Å². The average Bonchev–Trinajstić information content (AvgIpc) is 3.54. The van der Waals surface area contributed by atoms with E-state index < -0.39 is 20.4 Å². The van der Waals surface area contributed by atoms with Gasteiger partial charge < -0.3 is 0 Å². The third-order valence-electron chi connectivity index (χ3n) is 7.09. The Hall–Kier alpha value is -1.96. The normalized spacial score (nSPS) is 14.4. The molecule has 0 N–H and O–H groups in total. The molecule has 0 saturated carbocycles. The van der Waals surface area contributed by atoms with Crippen molar-refractivity contribution in [2.24, 2.45) is 0 Å². The molecule has 2 aliphatic rings. The van der Waals surface area contributed by atoms with E-state index in [2.05, 4.69) is 122 Å². The molecule has 0 aliphatic heterocycles. The van der Waals surface area contributed by atoms with Gasteiger partial charge in [0, 0.05) is 0 Å². The molecule has 2 aliphatic carbocycles. The van der Waals surface area contributed by atoms with Crippen LogP contribution in [0.4, 0.5) is 0 Å². The van der Waals surface area contributed by atoms with Crippen molar-refractivity contribution in [3.05, 3.63) is 127 Å². The summed E-state index contributed by atoms with van der Waals surface area (Å²) in [7, 11) is 0. The smallest absolute Gasteiger partial charge is 0.147 e. The molecular formula is C32H30Cl2SiZr. The molecule has 4 heteroatoms. The Bertz CT molecular complexity index is 1490. The number of benzene rings is 4. The zero-order valence-corrected chi connectivity index (χ0v) is 25.7. The van der Waals surface area contributed by atoms with E-state index >= 15 is 0 Å². The summed E-state index contributed by atoms with van der Waals surface area (Å²) in [6, 6.07) is 31.1. The molecule has 0 aromatic heterocycles. The van der Waals surface area contributed by atoms with Gasteiger partial charge in [0.05, 0.1) is 0 Å². The van der Waals surface area contributed by atoms with Crippen molar-refractivity contribution in [3.63, 3.8) is 0 Å². The van der Waals surface area contributed by atoms with E-state index in [0.717, 1.165) is 12.8 Å². The summed E-state index contributed by atoms with van der Waals surface area (Å²) in [5.74, 6) is 0. The molecule has 6 rings (SSSR count). The molecule has 0 fully saturated rings. The van der Waals surface area contributed by atoms with Crippen LogP contribution in [0.1, 0.15) is 24.0 Å². The van der Waals surface area contributed by atoms with Crippen molar-refractivity contribution in [2.45, 2.75) is 25.9 Å². The van der Waals surface area contributed by atoms with E-state index in [1.54, 1.807) is 6.56 Å². The Kier molecular flexibility index (Phi) is 8.74. The first-order chi connectivity index (χ1) is 16.7. The van der Waals surface area contributed by atoms with Gasteiger partial charge in [0.15, 0.2) is 0 Å². The first-order valence-corrected chi connectivity index (χ1v) is 20.8. The maximum atomic E-state index is 2.59. The molecule has 0 bridgehead atoms. The van der Waals surface area contributed by atoms with Gasteiger partial charge in [-0.25, -0.2) is 0 Å². The fourth-order valence-electron chi connectivity index (χ4n) is 5.58. The summed E-state index contributed by atoms with van der Waals surface area (Å²) in [6.07, 6.45) is 12.5. The molecule has 4 aromatic rings. The Morgan fingerprint density at radius 1 is 0.556 bits per heavy atom. The zero-order chi connectivity index (χ0) is 23.1. The second-order valence-electron chi connectivity index (χ2n) is 9.49. The van der Waals surface area contributed by atoms with Crippen LogP contribution in [0.25, 0.3) is 32.7 Å². The molecular weight excluding hydrogens is 575 g/mol. The molecule has 0 atom stereocenters. The van der Waals surface area contributed by atoms with E-state index in [0.29, 0.717) is 0 Å². The monoisotopic (exact) mass is 602 g/mol. The Morgan fingerprint density at radius 3 is 1.42 bits per heavy atom. The Morgan fingerprint density at radius 2 is 0.972 bits per heavy atom. The molecule has 0 heterocycles. The molecule has 0 amide bonds. The summed E-state index contributed by atoms with van der Waals surface area (Å²) < 4.78 is 3.59. The molecule has 0 radical (unpaired) electrons. The maximum absolute atomic E-state index is 2.59. The van der Waals surface area contributed by atoms with E-state index in [-0.39, 0.29) is 30.2 Å². The molecule has 180 valence electrons. The number of allylic oxidation sites excluding steroid dienone is 8. The minimum Gasteiger partial charge on any atom is -0.147 e. The fourth-order valence-corrected chi connectivity index (χ4v) is 22.4.